The summed E-state index contributed by atoms with van der Waals surface area (Å²) in [5.41, 5.74) is 9.90. The van der Waals surface area contributed by atoms with E-state index < -0.39 is 5.91 Å². The predicted molar refractivity (Wildman–Crippen MR) is 82.2 cm³/mol. The van der Waals surface area contributed by atoms with Gasteiger partial charge in [-0.1, -0.05) is 42.5 Å². The van der Waals surface area contributed by atoms with Crippen molar-refractivity contribution in [3.63, 3.8) is 0 Å². The molecule has 0 aliphatic rings. The van der Waals surface area contributed by atoms with Gasteiger partial charge in [0.15, 0.2) is 0 Å². The zero-order chi connectivity index (χ0) is 15.9. The average Bonchev–Trinajstić information content (AvgIpc) is 2.56. The van der Waals surface area contributed by atoms with E-state index in [-0.39, 0.29) is 17.5 Å². The highest BCUT2D eigenvalue weighted by atomic mass is 16.2. The monoisotopic (exact) mass is 294 g/mol. The Morgan fingerprint density at radius 1 is 1.05 bits per heavy atom. The van der Waals surface area contributed by atoms with Crippen molar-refractivity contribution in [2.75, 3.05) is 0 Å². The number of hydrogen-bond acceptors (Lipinski definition) is 2. The summed E-state index contributed by atoms with van der Waals surface area (Å²) in [6.07, 6.45) is 0. The van der Waals surface area contributed by atoms with Gasteiger partial charge in [-0.2, -0.15) is 0 Å². The molecule has 6 nitrogen and oxygen atoms in total. The van der Waals surface area contributed by atoms with Crippen LogP contribution in [0.4, 0.5) is 0 Å². The van der Waals surface area contributed by atoms with Crippen LogP contribution in [-0.2, 0) is 0 Å². The van der Waals surface area contributed by atoms with Crippen LogP contribution < -0.4 is 5.32 Å². The molecule has 110 valence electrons. The second kappa shape index (κ2) is 7.06. The lowest BCUT2D eigenvalue weighted by Gasteiger charge is -2.14. The summed E-state index contributed by atoms with van der Waals surface area (Å²) in [5.74, 6) is -0.911. The highest BCUT2D eigenvalue weighted by molar-refractivity contribution is 5.98. The smallest absolute Gasteiger partial charge is 0.251 e. The number of carbonyl (C=O) groups excluding carboxylic acids is 2. The van der Waals surface area contributed by atoms with Crippen LogP contribution in [0.15, 0.2) is 59.7 Å². The molecule has 2 aromatic rings. The van der Waals surface area contributed by atoms with Gasteiger partial charge in [-0.25, -0.2) is 0 Å². The van der Waals surface area contributed by atoms with Crippen LogP contribution >= 0.6 is 0 Å². The number of benzene rings is 2. The molecule has 0 saturated heterocycles. The molecule has 0 heterocycles. The van der Waals surface area contributed by atoms with Gasteiger partial charge in [0, 0.05) is 16.0 Å². The first-order valence-electron chi connectivity index (χ1n) is 6.67. The molecule has 0 bridgehead atoms. The number of amides is 2. The molecular formula is C16H14N4O2. The lowest BCUT2D eigenvalue weighted by Crippen LogP contribution is -2.26. The normalized spacial score (nSPS) is 11.1. The Bertz CT molecular complexity index is 720. The number of carbonyl (C=O) groups is 2. The van der Waals surface area contributed by atoms with Gasteiger partial charge in [0.25, 0.3) is 5.91 Å². The van der Waals surface area contributed by atoms with Gasteiger partial charge in [-0.05, 0) is 35.3 Å². The quantitative estimate of drug-likeness (QED) is 0.529. The fourth-order valence-electron chi connectivity index (χ4n) is 1.97. The standard InChI is InChI=1S/C16H14N4O2/c1-11(12-5-3-2-4-6-12)18-15(21)13-7-9-14(10-8-13)16(22)19-20-17/h2-11H,1H3,(H,18,21). The summed E-state index contributed by atoms with van der Waals surface area (Å²) in [4.78, 5) is 26.0. The molecule has 2 rings (SSSR count). The van der Waals surface area contributed by atoms with Gasteiger partial charge < -0.3 is 5.32 Å². The van der Waals surface area contributed by atoms with Crippen molar-refractivity contribution in [3.05, 3.63) is 81.7 Å². The third-order valence-corrected chi connectivity index (χ3v) is 3.18. The third kappa shape index (κ3) is 3.71. The second-order valence-corrected chi connectivity index (χ2v) is 4.68. The second-order valence-electron chi connectivity index (χ2n) is 4.68. The molecule has 0 fully saturated rings. The Morgan fingerprint density at radius 2 is 1.64 bits per heavy atom. The van der Waals surface area contributed by atoms with Gasteiger partial charge in [0.2, 0.25) is 5.91 Å². The maximum Gasteiger partial charge on any atom is 0.251 e. The van der Waals surface area contributed by atoms with Crippen molar-refractivity contribution >= 4 is 11.8 Å². The molecule has 1 atom stereocenters. The van der Waals surface area contributed by atoms with Gasteiger partial charge in [0.05, 0.1) is 6.04 Å². The molecule has 2 aromatic carbocycles. The predicted octanol–water partition coefficient (Wildman–Crippen LogP) is 3.63. The molecule has 1 N–H and O–H groups in total. The maximum atomic E-state index is 12.2. The molecule has 0 aliphatic heterocycles. The van der Waals surface area contributed by atoms with Gasteiger partial charge in [0.1, 0.15) is 0 Å². The Labute approximate surface area is 127 Å². The highest BCUT2D eigenvalue weighted by Crippen LogP contribution is 2.13. The van der Waals surface area contributed by atoms with E-state index in [9.17, 15) is 9.59 Å². The zero-order valence-corrected chi connectivity index (χ0v) is 11.9. The Morgan fingerprint density at radius 3 is 2.23 bits per heavy atom. The lowest BCUT2D eigenvalue weighted by atomic mass is 10.1. The molecule has 2 amide bonds. The first-order chi connectivity index (χ1) is 10.6. The highest BCUT2D eigenvalue weighted by Gasteiger charge is 2.12. The van der Waals surface area contributed by atoms with Crippen LogP contribution in [0.1, 0.15) is 39.2 Å². The van der Waals surface area contributed by atoms with Crippen molar-refractivity contribution in [1.82, 2.24) is 5.32 Å². The van der Waals surface area contributed by atoms with Gasteiger partial charge in [-0.15, -0.1) is 0 Å². The SMILES string of the molecule is CC(NC(=O)c1ccc(C(=O)N=[N+]=[N-])cc1)c1ccccc1. The zero-order valence-electron chi connectivity index (χ0n) is 11.9. The van der Waals surface area contributed by atoms with Crippen LogP contribution in [-0.4, -0.2) is 11.8 Å². The van der Waals surface area contributed by atoms with Crippen LogP contribution in [0.2, 0.25) is 0 Å². The fraction of sp³-hybridized carbons (Fsp3) is 0.125. The molecular weight excluding hydrogens is 280 g/mol. The van der Waals surface area contributed by atoms with E-state index in [0.29, 0.717) is 5.56 Å². The Kier molecular flexibility index (Phi) is 4.90. The number of nitrogens with one attached hydrogen (secondary N) is 1. The van der Waals surface area contributed by atoms with Crippen LogP contribution in [0.25, 0.3) is 10.4 Å². The minimum Gasteiger partial charge on any atom is -0.346 e. The summed E-state index contributed by atoms with van der Waals surface area (Å²) >= 11 is 0. The largest absolute Gasteiger partial charge is 0.346 e. The van der Waals surface area contributed by atoms with E-state index >= 15 is 0 Å². The first kappa shape index (κ1) is 15.3. The summed E-state index contributed by atoms with van der Waals surface area (Å²) in [6, 6.07) is 15.4. The lowest BCUT2D eigenvalue weighted by molar-refractivity contribution is 0.0937. The van der Waals surface area contributed by atoms with Gasteiger partial charge in [-0.3, -0.25) is 9.59 Å². The van der Waals surface area contributed by atoms with Crippen molar-refractivity contribution in [2.24, 2.45) is 5.11 Å². The molecule has 0 radical (unpaired) electrons. The number of azide groups is 1. The number of nitrogens with zero attached hydrogens (tertiary/aromatic N) is 3. The molecule has 0 spiro atoms. The minimum absolute atomic E-state index is 0.127. The van der Waals surface area contributed by atoms with Gasteiger partial charge >= 0.3 is 0 Å². The van der Waals surface area contributed by atoms with E-state index in [2.05, 4.69) is 15.3 Å². The van der Waals surface area contributed by atoms with E-state index in [1.54, 1.807) is 0 Å². The average molecular weight is 294 g/mol. The number of hydrogen-bond donors (Lipinski definition) is 1. The van der Waals surface area contributed by atoms with E-state index in [1.165, 1.54) is 24.3 Å². The molecule has 1 unspecified atom stereocenters. The Hall–Kier alpha value is -3.11. The van der Waals surface area contributed by atoms with Crippen LogP contribution in [0.5, 0.6) is 0 Å². The summed E-state index contributed by atoms with van der Waals surface area (Å²) in [5, 5.41) is 5.88. The molecule has 0 aromatic heterocycles. The van der Waals surface area contributed by atoms with E-state index in [0.717, 1.165) is 5.56 Å². The van der Waals surface area contributed by atoms with Crippen molar-refractivity contribution < 1.29 is 9.59 Å². The van der Waals surface area contributed by atoms with Crippen molar-refractivity contribution in [1.29, 1.82) is 0 Å². The summed E-state index contributed by atoms with van der Waals surface area (Å²) in [7, 11) is 0. The minimum atomic E-state index is -0.674. The maximum absolute atomic E-state index is 12.2. The Balaban J connectivity index is 2.07. The number of rotatable bonds is 4. The fourth-order valence-corrected chi connectivity index (χ4v) is 1.97. The first-order valence-corrected chi connectivity index (χ1v) is 6.67. The molecule has 0 saturated carbocycles. The van der Waals surface area contributed by atoms with Crippen molar-refractivity contribution in [2.45, 2.75) is 13.0 Å². The molecule has 22 heavy (non-hydrogen) atoms. The van der Waals surface area contributed by atoms with E-state index in [4.69, 9.17) is 5.53 Å². The molecule has 6 heteroatoms. The van der Waals surface area contributed by atoms with Crippen LogP contribution in [0, 0.1) is 0 Å². The van der Waals surface area contributed by atoms with Crippen molar-refractivity contribution in [3.8, 4) is 0 Å². The van der Waals surface area contributed by atoms with Crippen LogP contribution in [0.3, 0.4) is 0 Å². The van der Waals surface area contributed by atoms with E-state index in [1.807, 2.05) is 37.3 Å². The third-order valence-electron chi connectivity index (χ3n) is 3.18. The summed E-state index contributed by atoms with van der Waals surface area (Å²) < 4.78 is 0. The molecule has 0 aliphatic carbocycles. The summed E-state index contributed by atoms with van der Waals surface area (Å²) in [6.45, 7) is 1.90. The topological polar surface area (TPSA) is 94.9 Å².